The first kappa shape index (κ1) is 25.2. The third-order valence-electron chi connectivity index (χ3n) is 10.1. The molecular weight excluding hydrogens is 563 g/mol. The molecule has 0 saturated heterocycles. The maximum atomic E-state index is 2.49. The lowest BCUT2D eigenvalue weighted by atomic mass is 9.78. The summed E-state index contributed by atoms with van der Waals surface area (Å²) in [4.78, 5) is 0. The second-order valence-electron chi connectivity index (χ2n) is 12.9. The van der Waals surface area contributed by atoms with Crippen LogP contribution in [0.2, 0.25) is 0 Å². The van der Waals surface area contributed by atoms with Gasteiger partial charge in [0.25, 0.3) is 0 Å². The molecule has 0 fully saturated rings. The highest BCUT2D eigenvalue weighted by Gasteiger charge is 2.40. The normalized spacial score (nSPS) is 13.7. The zero-order chi connectivity index (χ0) is 29.9. The van der Waals surface area contributed by atoms with Gasteiger partial charge < -0.3 is 4.57 Å². The van der Waals surface area contributed by atoms with E-state index >= 15 is 0 Å². The van der Waals surface area contributed by atoms with Gasteiger partial charge in [-0.15, -0.1) is 11.3 Å². The molecule has 2 aromatic heterocycles. The minimum Gasteiger partial charge on any atom is -0.309 e. The van der Waals surface area contributed by atoms with Crippen molar-refractivity contribution in [3.8, 4) is 27.9 Å². The van der Waals surface area contributed by atoms with E-state index in [9.17, 15) is 0 Å². The first-order valence-corrected chi connectivity index (χ1v) is 16.5. The largest absolute Gasteiger partial charge is 0.309 e. The van der Waals surface area contributed by atoms with Gasteiger partial charge in [-0.25, -0.2) is 0 Å². The lowest BCUT2D eigenvalue weighted by Crippen LogP contribution is -2.16. The zero-order valence-electron chi connectivity index (χ0n) is 25.1. The fourth-order valence-electron chi connectivity index (χ4n) is 8.16. The van der Waals surface area contributed by atoms with Crippen molar-refractivity contribution in [2.75, 3.05) is 0 Å². The summed E-state index contributed by atoms with van der Waals surface area (Å²) in [5, 5.41) is 7.91. The number of aromatic nitrogens is 1. The third kappa shape index (κ3) is 3.32. The summed E-state index contributed by atoms with van der Waals surface area (Å²) < 4.78 is 5.21. The molecule has 0 spiro atoms. The molecule has 0 N–H and O–H groups in total. The van der Waals surface area contributed by atoms with Crippen LogP contribution in [0, 0.1) is 0 Å². The zero-order valence-corrected chi connectivity index (χ0v) is 26.0. The number of hydrogen-bond acceptors (Lipinski definition) is 1. The van der Waals surface area contributed by atoms with Gasteiger partial charge in [0.15, 0.2) is 0 Å². The van der Waals surface area contributed by atoms with Crippen LogP contribution in [0.5, 0.6) is 0 Å². The summed E-state index contributed by atoms with van der Waals surface area (Å²) in [5.41, 5.74) is 11.7. The predicted octanol–water partition coefficient (Wildman–Crippen LogP) is 12.3. The van der Waals surface area contributed by atoms with Crippen LogP contribution in [0.15, 0.2) is 140 Å². The fraction of sp³-hybridized carbons (Fsp3) is 0.0698. The van der Waals surface area contributed by atoms with Crippen molar-refractivity contribution in [2.45, 2.75) is 19.3 Å². The molecule has 45 heavy (non-hydrogen) atoms. The molecule has 1 nitrogen and oxygen atoms in total. The van der Waals surface area contributed by atoms with Gasteiger partial charge in [0.1, 0.15) is 0 Å². The van der Waals surface area contributed by atoms with Gasteiger partial charge in [-0.2, -0.15) is 0 Å². The SMILES string of the molecule is CC1(C)c2ccccc2-c2c1c(-c1ccc3sc4c5ccccc5ccc4c3c1)cc1c3ccccc3n(-c3ccccc3)c21. The molecule has 0 radical (unpaired) electrons. The van der Waals surface area contributed by atoms with Crippen LogP contribution in [-0.4, -0.2) is 4.57 Å². The number of rotatable bonds is 2. The number of fused-ring (bicyclic) bond motifs is 12. The topological polar surface area (TPSA) is 4.93 Å². The summed E-state index contributed by atoms with van der Waals surface area (Å²) in [7, 11) is 0. The van der Waals surface area contributed by atoms with Crippen LogP contribution in [0.4, 0.5) is 0 Å². The maximum Gasteiger partial charge on any atom is 0.0623 e. The lowest BCUT2D eigenvalue weighted by Gasteiger charge is -2.25. The van der Waals surface area contributed by atoms with Crippen molar-refractivity contribution < 1.29 is 0 Å². The van der Waals surface area contributed by atoms with Crippen LogP contribution in [0.25, 0.3) is 80.7 Å². The van der Waals surface area contributed by atoms with Gasteiger partial charge in [0.2, 0.25) is 0 Å². The highest BCUT2D eigenvalue weighted by molar-refractivity contribution is 7.26. The van der Waals surface area contributed by atoms with Gasteiger partial charge in [-0.1, -0.05) is 117 Å². The average molecular weight is 592 g/mol. The quantitative estimate of drug-likeness (QED) is 0.188. The van der Waals surface area contributed by atoms with Crippen LogP contribution < -0.4 is 0 Å². The Balaban J connectivity index is 1.36. The van der Waals surface area contributed by atoms with E-state index in [-0.39, 0.29) is 5.41 Å². The lowest BCUT2D eigenvalue weighted by molar-refractivity contribution is 0.662. The summed E-state index contributed by atoms with van der Waals surface area (Å²) in [5.74, 6) is 0. The third-order valence-corrected chi connectivity index (χ3v) is 11.4. The minimum absolute atomic E-state index is 0.157. The Bertz CT molecular complexity index is 2670. The summed E-state index contributed by atoms with van der Waals surface area (Å²) >= 11 is 1.91. The van der Waals surface area contributed by atoms with E-state index in [2.05, 4.69) is 158 Å². The predicted molar refractivity (Wildman–Crippen MR) is 194 cm³/mol. The standard InChI is InChI=1S/C43H29NS/c1-43(2)36-18-10-8-17-32(36)39-40(43)33(25-35-30-16-9-11-19-37(30)44(41(35)39)28-13-4-3-5-14-28)27-21-23-38-34(24-27)31-22-20-26-12-6-7-15-29(26)42(31)45-38/h3-25H,1-2H3. The number of para-hydroxylation sites is 2. The molecule has 2 heterocycles. The number of benzene rings is 7. The fourth-order valence-corrected chi connectivity index (χ4v) is 9.38. The van der Waals surface area contributed by atoms with Gasteiger partial charge in [0.05, 0.1) is 11.0 Å². The van der Waals surface area contributed by atoms with E-state index in [1.165, 1.54) is 91.8 Å². The Hall–Kier alpha value is -5.18. The highest BCUT2D eigenvalue weighted by Crippen LogP contribution is 2.56. The van der Waals surface area contributed by atoms with E-state index in [1.54, 1.807) is 0 Å². The first-order valence-electron chi connectivity index (χ1n) is 15.7. The van der Waals surface area contributed by atoms with E-state index < -0.39 is 0 Å². The van der Waals surface area contributed by atoms with Crippen LogP contribution in [0.1, 0.15) is 25.0 Å². The monoisotopic (exact) mass is 591 g/mol. The molecule has 9 aromatic rings. The molecule has 0 saturated carbocycles. The molecule has 212 valence electrons. The second-order valence-corrected chi connectivity index (χ2v) is 14.0. The van der Waals surface area contributed by atoms with Crippen molar-refractivity contribution in [1.82, 2.24) is 4.57 Å². The Morgan fingerprint density at radius 3 is 2.20 bits per heavy atom. The molecule has 0 atom stereocenters. The number of hydrogen-bond donors (Lipinski definition) is 0. The molecule has 0 aliphatic heterocycles. The Morgan fingerprint density at radius 1 is 0.556 bits per heavy atom. The molecule has 2 heteroatoms. The number of nitrogens with zero attached hydrogens (tertiary/aromatic N) is 1. The van der Waals surface area contributed by atoms with Gasteiger partial charge in [-0.3, -0.25) is 0 Å². The summed E-state index contributed by atoms with van der Waals surface area (Å²) in [6.45, 7) is 4.82. The molecule has 0 bridgehead atoms. The van der Waals surface area contributed by atoms with E-state index in [1.807, 2.05) is 11.3 Å². The minimum atomic E-state index is -0.157. The van der Waals surface area contributed by atoms with Crippen molar-refractivity contribution in [3.63, 3.8) is 0 Å². The van der Waals surface area contributed by atoms with Crippen LogP contribution in [-0.2, 0) is 5.41 Å². The van der Waals surface area contributed by atoms with Crippen LogP contribution in [0.3, 0.4) is 0 Å². The van der Waals surface area contributed by atoms with Crippen molar-refractivity contribution in [3.05, 3.63) is 151 Å². The van der Waals surface area contributed by atoms with Crippen molar-refractivity contribution in [2.24, 2.45) is 0 Å². The molecule has 1 aliphatic carbocycles. The van der Waals surface area contributed by atoms with E-state index in [0.717, 1.165) is 0 Å². The van der Waals surface area contributed by atoms with Crippen molar-refractivity contribution in [1.29, 1.82) is 0 Å². The molecule has 7 aromatic carbocycles. The first-order chi connectivity index (χ1) is 22.1. The average Bonchev–Trinajstić information content (AvgIpc) is 3.71. The molecular formula is C43H29NS. The van der Waals surface area contributed by atoms with E-state index in [0.29, 0.717) is 0 Å². The van der Waals surface area contributed by atoms with Crippen molar-refractivity contribution >= 4 is 64.1 Å². The molecule has 1 aliphatic rings. The highest BCUT2D eigenvalue weighted by atomic mass is 32.1. The summed E-state index contributed by atoms with van der Waals surface area (Å²) in [6.07, 6.45) is 0. The molecule has 10 rings (SSSR count). The van der Waals surface area contributed by atoms with E-state index in [4.69, 9.17) is 0 Å². The summed E-state index contributed by atoms with van der Waals surface area (Å²) in [6, 6.07) is 51.9. The smallest absolute Gasteiger partial charge is 0.0623 e. The van der Waals surface area contributed by atoms with Gasteiger partial charge in [-0.05, 0) is 75.0 Å². The van der Waals surface area contributed by atoms with Gasteiger partial charge in [0, 0.05) is 47.6 Å². The van der Waals surface area contributed by atoms with Gasteiger partial charge >= 0.3 is 0 Å². The second kappa shape index (κ2) is 8.94. The molecule has 0 amide bonds. The number of thiophene rings is 1. The Kier molecular flexibility index (Phi) is 5.00. The van der Waals surface area contributed by atoms with Crippen LogP contribution >= 0.6 is 11.3 Å². The molecule has 0 unspecified atom stereocenters. The maximum absolute atomic E-state index is 2.49. The Labute approximate surface area is 265 Å². The Morgan fingerprint density at radius 2 is 1.31 bits per heavy atom.